The Kier molecular flexibility index (Phi) is 5.65. The van der Waals surface area contributed by atoms with Gasteiger partial charge in [-0.1, -0.05) is 17.7 Å². The molecule has 19 heavy (non-hydrogen) atoms. The molecule has 106 valence electrons. The Morgan fingerprint density at radius 1 is 1.21 bits per heavy atom. The van der Waals surface area contributed by atoms with E-state index < -0.39 is 10.1 Å². The Morgan fingerprint density at radius 3 is 2.16 bits per heavy atom. The molecule has 0 spiro atoms. The largest absolute Gasteiger partial charge is 0.299 e. The predicted molar refractivity (Wildman–Crippen MR) is 72.7 cm³/mol. The Hall–Kier alpha value is -1.24. The number of rotatable bonds is 1. The van der Waals surface area contributed by atoms with Crippen LogP contribution in [0.4, 0.5) is 0 Å². The van der Waals surface area contributed by atoms with Gasteiger partial charge in [-0.3, -0.25) is 14.2 Å². The number of nitrogens with zero attached hydrogens (tertiary/aromatic N) is 1. The number of ketones is 1. The van der Waals surface area contributed by atoms with Gasteiger partial charge in [-0.25, -0.2) is 0 Å². The van der Waals surface area contributed by atoms with Crippen molar-refractivity contribution in [3.8, 4) is 0 Å². The summed E-state index contributed by atoms with van der Waals surface area (Å²) in [5.74, 6) is 0.388. The first-order chi connectivity index (χ1) is 8.79. The third-order valence-electron chi connectivity index (χ3n) is 2.76. The molecule has 0 bridgehead atoms. The highest BCUT2D eigenvalue weighted by Gasteiger charge is 2.11. The van der Waals surface area contributed by atoms with Crippen molar-refractivity contribution in [1.29, 1.82) is 0 Å². The standard InChI is InChI=1S/C7H8O3S.C6H11NO/c1-6-2-4-7(5-3-6)11(8,9)10;1-7-4-2-3-6(8)5-7/h2-5H,1H3,(H,8,9,10);2-5H2,1H3. The summed E-state index contributed by atoms with van der Waals surface area (Å²) in [6.45, 7) is 3.60. The van der Waals surface area contributed by atoms with Crippen molar-refractivity contribution in [2.75, 3.05) is 20.1 Å². The molecule has 1 fully saturated rings. The van der Waals surface area contributed by atoms with E-state index in [1.165, 1.54) is 12.1 Å². The molecule has 1 aromatic carbocycles. The zero-order valence-corrected chi connectivity index (χ0v) is 12.0. The molecule has 0 unspecified atom stereocenters. The number of carbonyl (C=O) groups excluding carboxylic acids is 1. The topological polar surface area (TPSA) is 74.7 Å². The van der Waals surface area contributed by atoms with Crippen LogP contribution < -0.4 is 0 Å². The van der Waals surface area contributed by atoms with E-state index in [0.29, 0.717) is 12.3 Å². The van der Waals surface area contributed by atoms with E-state index in [1.54, 1.807) is 12.1 Å². The minimum atomic E-state index is -4.02. The molecule has 1 aromatic rings. The van der Waals surface area contributed by atoms with Gasteiger partial charge in [-0.15, -0.1) is 0 Å². The van der Waals surface area contributed by atoms with E-state index in [0.717, 1.165) is 24.9 Å². The van der Waals surface area contributed by atoms with Crippen LogP contribution in [0.3, 0.4) is 0 Å². The fourth-order valence-electron chi connectivity index (χ4n) is 1.72. The van der Waals surface area contributed by atoms with Crippen LogP contribution in [0.25, 0.3) is 0 Å². The highest BCUT2D eigenvalue weighted by molar-refractivity contribution is 7.85. The van der Waals surface area contributed by atoms with Gasteiger partial charge in [-0.05, 0) is 39.1 Å². The van der Waals surface area contributed by atoms with E-state index in [-0.39, 0.29) is 4.90 Å². The number of Topliss-reactive ketones (excluding diaryl/α,β-unsaturated/α-hetero) is 1. The van der Waals surface area contributed by atoms with Gasteiger partial charge in [0.1, 0.15) is 5.78 Å². The fourth-order valence-corrected chi connectivity index (χ4v) is 2.20. The molecule has 0 saturated carbocycles. The molecule has 5 nitrogen and oxygen atoms in total. The SMILES string of the molecule is CN1CCCC(=O)C1.Cc1ccc(S(=O)(=O)O)cc1. The number of hydrogen-bond acceptors (Lipinski definition) is 4. The van der Waals surface area contributed by atoms with E-state index in [9.17, 15) is 13.2 Å². The molecular formula is C13H19NO4S. The van der Waals surface area contributed by atoms with Crippen LogP contribution in [0, 0.1) is 6.92 Å². The van der Waals surface area contributed by atoms with Crippen LogP contribution in [0.15, 0.2) is 29.2 Å². The Balaban J connectivity index is 0.000000200. The number of carbonyl (C=O) groups is 1. The fraction of sp³-hybridized carbons (Fsp3) is 0.462. The highest BCUT2D eigenvalue weighted by atomic mass is 32.2. The van der Waals surface area contributed by atoms with Gasteiger partial charge < -0.3 is 0 Å². The summed E-state index contributed by atoms with van der Waals surface area (Å²) in [6, 6.07) is 5.99. The second-order valence-electron chi connectivity index (χ2n) is 4.67. The van der Waals surface area contributed by atoms with Crippen LogP contribution >= 0.6 is 0 Å². The van der Waals surface area contributed by atoms with Crippen LogP contribution in [0.2, 0.25) is 0 Å². The average molecular weight is 285 g/mol. The third kappa shape index (κ3) is 5.96. The maximum absolute atomic E-state index is 10.6. The van der Waals surface area contributed by atoms with Crippen molar-refractivity contribution < 1.29 is 17.8 Å². The van der Waals surface area contributed by atoms with Crippen LogP contribution in [0.5, 0.6) is 0 Å². The summed E-state index contributed by atoms with van der Waals surface area (Å²) in [6.07, 6.45) is 1.85. The maximum Gasteiger partial charge on any atom is 0.294 e. The zero-order chi connectivity index (χ0) is 14.5. The second-order valence-corrected chi connectivity index (χ2v) is 6.09. The Bertz CT molecular complexity index is 522. The minimum Gasteiger partial charge on any atom is -0.299 e. The average Bonchev–Trinajstić information content (AvgIpc) is 2.28. The molecule has 0 amide bonds. The van der Waals surface area contributed by atoms with Crippen molar-refractivity contribution in [2.45, 2.75) is 24.7 Å². The van der Waals surface area contributed by atoms with E-state index in [1.807, 2.05) is 14.0 Å². The molecule has 2 rings (SSSR count). The quantitative estimate of drug-likeness (QED) is 0.792. The summed E-state index contributed by atoms with van der Waals surface area (Å²) >= 11 is 0. The van der Waals surface area contributed by atoms with Gasteiger partial charge in [0.15, 0.2) is 0 Å². The Labute approximate surface area is 114 Å². The van der Waals surface area contributed by atoms with E-state index >= 15 is 0 Å². The van der Waals surface area contributed by atoms with Crippen LogP contribution in [0.1, 0.15) is 18.4 Å². The number of piperidine rings is 1. The lowest BCUT2D eigenvalue weighted by Gasteiger charge is -2.19. The molecule has 1 heterocycles. The summed E-state index contributed by atoms with van der Waals surface area (Å²) in [4.78, 5) is 12.6. The first-order valence-electron chi connectivity index (χ1n) is 6.03. The second kappa shape index (κ2) is 6.79. The maximum atomic E-state index is 10.6. The smallest absolute Gasteiger partial charge is 0.294 e. The first kappa shape index (κ1) is 15.8. The van der Waals surface area contributed by atoms with Crippen molar-refractivity contribution >= 4 is 15.9 Å². The number of likely N-dealkylation sites (N-methyl/N-ethyl adjacent to an activating group) is 1. The molecule has 1 aliphatic heterocycles. The molecule has 0 atom stereocenters. The van der Waals surface area contributed by atoms with Crippen LogP contribution in [-0.2, 0) is 14.9 Å². The van der Waals surface area contributed by atoms with Crippen molar-refractivity contribution in [3.63, 3.8) is 0 Å². The number of hydrogen-bond donors (Lipinski definition) is 1. The van der Waals surface area contributed by atoms with Gasteiger partial charge in [0.2, 0.25) is 0 Å². The Morgan fingerprint density at radius 2 is 1.79 bits per heavy atom. The lowest BCUT2D eigenvalue weighted by molar-refractivity contribution is -0.121. The molecule has 1 saturated heterocycles. The minimum absolute atomic E-state index is 0.0666. The molecule has 0 aromatic heterocycles. The molecule has 1 aliphatic rings. The zero-order valence-electron chi connectivity index (χ0n) is 11.2. The monoisotopic (exact) mass is 285 g/mol. The first-order valence-corrected chi connectivity index (χ1v) is 7.47. The van der Waals surface area contributed by atoms with E-state index in [2.05, 4.69) is 4.90 Å². The number of benzene rings is 1. The summed E-state index contributed by atoms with van der Waals surface area (Å²) in [5, 5.41) is 0. The van der Waals surface area contributed by atoms with Gasteiger partial charge in [0, 0.05) is 6.42 Å². The molecule has 6 heteroatoms. The number of aryl methyl sites for hydroxylation is 1. The molecular weight excluding hydrogens is 266 g/mol. The summed E-state index contributed by atoms with van der Waals surface area (Å²) in [5.41, 5.74) is 0.956. The molecule has 0 radical (unpaired) electrons. The normalized spacial score (nSPS) is 16.7. The van der Waals surface area contributed by atoms with Crippen molar-refractivity contribution in [1.82, 2.24) is 4.90 Å². The van der Waals surface area contributed by atoms with Crippen LogP contribution in [-0.4, -0.2) is 43.8 Å². The van der Waals surface area contributed by atoms with Crippen molar-refractivity contribution in [2.24, 2.45) is 0 Å². The summed E-state index contributed by atoms with van der Waals surface area (Å²) in [7, 11) is -2.04. The molecule has 1 N–H and O–H groups in total. The lowest BCUT2D eigenvalue weighted by atomic mass is 10.1. The lowest BCUT2D eigenvalue weighted by Crippen LogP contribution is -2.31. The van der Waals surface area contributed by atoms with Gasteiger partial charge >= 0.3 is 0 Å². The van der Waals surface area contributed by atoms with E-state index in [4.69, 9.17) is 4.55 Å². The number of likely N-dealkylation sites (tertiary alicyclic amines) is 1. The summed E-state index contributed by atoms with van der Waals surface area (Å²) < 4.78 is 29.6. The predicted octanol–water partition coefficient (Wildman–Crippen LogP) is 1.52. The van der Waals surface area contributed by atoms with Gasteiger partial charge in [-0.2, -0.15) is 8.42 Å². The molecule has 0 aliphatic carbocycles. The van der Waals surface area contributed by atoms with Gasteiger partial charge in [0.25, 0.3) is 10.1 Å². The third-order valence-corrected chi connectivity index (χ3v) is 3.63. The van der Waals surface area contributed by atoms with Crippen molar-refractivity contribution in [3.05, 3.63) is 29.8 Å². The van der Waals surface area contributed by atoms with Gasteiger partial charge in [0.05, 0.1) is 11.4 Å². The highest BCUT2D eigenvalue weighted by Crippen LogP contribution is 2.08.